The summed E-state index contributed by atoms with van der Waals surface area (Å²) in [7, 11) is 0. The standard InChI is InChI=1S/C13H9FIN3/c14-8-4-5-12-11(6-8)17-13(16)18(12)10-3-1-2-9(15)7-10/h1-7H,(H2,16,17). The lowest BCUT2D eigenvalue weighted by molar-refractivity contribution is 0.629. The summed E-state index contributed by atoms with van der Waals surface area (Å²) in [4.78, 5) is 4.18. The molecule has 0 bridgehead atoms. The van der Waals surface area contributed by atoms with Crippen molar-refractivity contribution in [3.05, 3.63) is 51.9 Å². The lowest BCUT2D eigenvalue weighted by Gasteiger charge is -2.06. The summed E-state index contributed by atoms with van der Waals surface area (Å²) in [5.41, 5.74) is 8.20. The smallest absolute Gasteiger partial charge is 0.205 e. The molecule has 0 amide bonds. The highest BCUT2D eigenvalue weighted by Gasteiger charge is 2.10. The summed E-state index contributed by atoms with van der Waals surface area (Å²) in [6.07, 6.45) is 0. The van der Waals surface area contributed by atoms with E-state index in [1.165, 1.54) is 12.1 Å². The maximum atomic E-state index is 13.2. The molecule has 90 valence electrons. The van der Waals surface area contributed by atoms with Crippen LogP contribution < -0.4 is 5.73 Å². The lowest BCUT2D eigenvalue weighted by Crippen LogP contribution is -2.00. The van der Waals surface area contributed by atoms with Gasteiger partial charge in [-0.15, -0.1) is 0 Å². The molecule has 0 saturated carbocycles. The van der Waals surface area contributed by atoms with Gasteiger partial charge in [0.1, 0.15) is 5.82 Å². The van der Waals surface area contributed by atoms with Crippen LogP contribution in [-0.4, -0.2) is 9.55 Å². The molecule has 1 aromatic heterocycles. The Morgan fingerprint density at radius 1 is 1.17 bits per heavy atom. The van der Waals surface area contributed by atoms with Crippen LogP contribution in [0, 0.1) is 9.39 Å². The third-order valence-corrected chi connectivity index (χ3v) is 3.38. The Hall–Kier alpha value is -1.63. The van der Waals surface area contributed by atoms with Crippen LogP contribution in [0.5, 0.6) is 0 Å². The number of nitrogens with zero attached hydrogens (tertiary/aromatic N) is 2. The first-order chi connectivity index (χ1) is 8.65. The molecule has 2 N–H and O–H groups in total. The second kappa shape index (κ2) is 4.24. The molecule has 0 fully saturated rings. The van der Waals surface area contributed by atoms with Crippen molar-refractivity contribution in [1.29, 1.82) is 0 Å². The van der Waals surface area contributed by atoms with E-state index in [4.69, 9.17) is 5.73 Å². The maximum absolute atomic E-state index is 13.2. The molecule has 0 aliphatic carbocycles. The second-order valence-electron chi connectivity index (χ2n) is 3.92. The normalized spacial score (nSPS) is 11.0. The highest BCUT2D eigenvalue weighted by Crippen LogP contribution is 2.24. The van der Waals surface area contributed by atoms with Crippen molar-refractivity contribution >= 4 is 39.6 Å². The van der Waals surface area contributed by atoms with Gasteiger partial charge in [0.2, 0.25) is 5.95 Å². The number of benzene rings is 2. The molecular formula is C13H9FIN3. The van der Waals surface area contributed by atoms with E-state index in [-0.39, 0.29) is 5.82 Å². The van der Waals surface area contributed by atoms with Gasteiger partial charge in [-0.25, -0.2) is 9.37 Å². The van der Waals surface area contributed by atoms with Crippen molar-refractivity contribution in [2.24, 2.45) is 0 Å². The fourth-order valence-corrected chi connectivity index (χ4v) is 2.49. The quantitative estimate of drug-likeness (QED) is 0.682. The second-order valence-corrected chi connectivity index (χ2v) is 5.16. The van der Waals surface area contributed by atoms with Crippen molar-refractivity contribution in [2.45, 2.75) is 0 Å². The molecule has 18 heavy (non-hydrogen) atoms. The summed E-state index contributed by atoms with van der Waals surface area (Å²) in [5.74, 6) is 0.0485. The molecule has 0 saturated heterocycles. The van der Waals surface area contributed by atoms with Gasteiger partial charge in [0.05, 0.1) is 16.7 Å². The first-order valence-electron chi connectivity index (χ1n) is 5.34. The zero-order valence-corrected chi connectivity index (χ0v) is 11.4. The molecule has 5 heteroatoms. The third kappa shape index (κ3) is 1.84. The number of nitrogen functional groups attached to an aromatic ring is 1. The van der Waals surface area contributed by atoms with Gasteiger partial charge >= 0.3 is 0 Å². The molecule has 2 aromatic carbocycles. The Morgan fingerprint density at radius 2 is 2.00 bits per heavy atom. The first kappa shape index (κ1) is 11.5. The molecule has 1 heterocycles. The minimum Gasteiger partial charge on any atom is -0.369 e. The fraction of sp³-hybridized carbons (Fsp3) is 0. The molecule has 3 rings (SSSR count). The fourth-order valence-electron chi connectivity index (χ4n) is 1.96. The predicted octanol–water partition coefficient (Wildman–Crippen LogP) is 3.35. The van der Waals surface area contributed by atoms with Crippen molar-refractivity contribution in [3.8, 4) is 5.69 Å². The molecular weight excluding hydrogens is 344 g/mol. The first-order valence-corrected chi connectivity index (χ1v) is 6.42. The Labute approximate surface area is 117 Å². The molecule has 0 spiro atoms. The van der Waals surface area contributed by atoms with Gasteiger partial charge in [-0.05, 0) is 52.9 Å². The predicted molar refractivity (Wildman–Crippen MR) is 78.2 cm³/mol. The number of fused-ring (bicyclic) bond motifs is 1. The molecule has 0 radical (unpaired) electrons. The minimum absolute atomic E-state index is 0.310. The van der Waals surface area contributed by atoms with Crippen LogP contribution in [0.1, 0.15) is 0 Å². The van der Waals surface area contributed by atoms with Crippen LogP contribution in [0.3, 0.4) is 0 Å². The number of aromatic nitrogens is 2. The highest BCUT2D eigenvalue weighted by atomic mass is 127. The average molecular weight is 353 g/mol. The van der Waals surface area contributed by atoms with Crippen molar-refractivity contribution in [2.75, 3.05) is 5.73 Å². The summed E-state index contributed by atoms with van der Waals surface area (Å²) in [5, 5.41) is 0. The number of hydrogen-bond acceptors (Lipinski definition) is 2. The van der Waals surface area contributed by atoms with Crippen LogP contribution in [0.25, 0.3) is 16.7 Å². The Bertz CT molecular complexity index is 736. The number of rotatable bonds is 1. The van der Waals surface area contributed by atoms with Crippen LogP contribution in [-0.2, 0) is 0 Å². The van der Waals surface area contributed by atoms with Gasteiger partial charge in [0.25, 0.3) is 0 Å². The Balaban J connectivity index is 2.32. The van der Waals surface area contributed by atoms with E-state index in [0.717, 1.165) is 14.8 Å². The van der Waals surface area contributed by atoms with Crippen LogP contribution >= 0.6 is 22.6 Å². The zero-order valence-electron chi connectivity index (χ0n) is 9.27. The van der Waals surface area contributed by atoms with Crippen LogP contribution in [0.2, 0.25) is 0 Å². The van der Waals surface area contributed by atoms with Crippen LogP contribution in [0.4, 0.5) is 10.3 Å². The molecule has 0 aliphatic rings. The monoisotopic (exact) mass is 353 g/mol. The van der Waals surface area contributed by atoms with Gasteiger partial charge in [0.15, 0.2) is 0 Å². The number of anilines is 1. The summed E-state index contributed by atoms with van der Waals surface area (Å²) in [6, 6.07) is 12.4. The Morgan fingerprint density at radius 3 is 2.78 bits per heavy atom. The summed E-state index contributed by atoms with van der Waals surface area (Å²) < 4.78 is 16.1. The summed E-state index contributed by atoms with van der Waals surface area (Å²) in [6.45, 7) is 0. The minimum atomic E-state index is -0.310. The van der Waals surface area contributed by atoms with E-state index in [9.17, 15) is 4.39 Å². The van der Waals surface area contributed by atoms with E-state index in [1.807, 2.05) is 28.8 Å². The zero-order chi connectivity index (χ0) is 12.7. The summed E-state index contributed by atoms with van der Waals surface area (Å²) >= 11 is 2.24. The van der Waals surface area contributed by atoms with E-state index in [1.54, 1.807) is 6.07 Å². The largest absolute Gasteiger partial charge is 0.369 e. The maximum Gasteiger partial charge on any atom is 0.205 e. The van der Waals surface area contributed by atoms with Gasteiger partial charge in [-0.2, -0.15) is 0 Å². The SMILES string of the molecule is Nc1nc2cc(F)ccc2n1-c1cccc(I)c1. The van der Waals surface area contributed by atoms with E-state index < -0.39 is 0 Å². The van der Waals surface area contributed by atoms with Gasteiger partial charge < -0.3 is 5.73 Å². The number of halogens is 2. The number of imidazole rings is 1. The molecule has 3 aromatic rings. The highest BCUT2D eigenvalue weighted by molar-refractivity contribution is 14.1. The van der Waals surface area contributed by atoms with Crippen LogP contribution in [0.15, 0.2) is 42.5 Å². The molecule has 0 aliphatic heterocycles. The van der Waals surface area contributed by atoms with E-state index in [0.29, 0.717) is 11.5 Å². The number of hydrogen-bond donors (Lipinski definition) is 1. The van der Waals surface area contributed by atoms with Crippen molar-refractivity contribution in [3.63, 3.8) is 0 Å². The average Bonchev–Trinajstić information content (AvgIpc) is 2.64. The Kier molecular flexibility index (Phi) is 2.70. The van der Waals surface area contributed by atoms with Crippen molar-refractivity contribution < 1.29 is 4.39 Å². The number of nitrogens with two attached hydrogens (primary N) is 1. The lowest BCUT2D eigenvalue weighted by atomic mass is 10.3. The van der Waals surface area contributed by atoms with E-state index in [2.05, 4.69) is 27.6 Å². The van der Waals surface area contributed by atoms with Gasteiger partial charge in [-0.3, -0.25) is 4.57 Å². The third-order valence-electron chi connectivity index (χ3n) is 2.71. The van der Waals surface area contributed by atoms with Gasteiger partial charge in [-0.1, -0.05) is 6.07 Å². The van der Waals surface area contributed by atoms with Gasteiger partial charge in [0, 0.05) is 9.64 Å². The topological polar surface area (TPSA) is 43.8 Å². The van der Waals surface area contributed by atoms with E-state index >= 15 is 0 Å². The molecule has 3 nitrogen and oxygen atoms in total. The van der Waals surface area contributed by atoms with Crippen molar-refractivity contribution in [1.82, 2.24) is 9.55 Å². The molecule has 0 atom stereocenters. The molecule has 0 unspecified atom stereocenters.